The molecule has 4 heteroatoms. The zero-order valence-corrected chi connectivity index (χ0v) is 10.5. The molecule has 0 radical (unpaired) electrons. The first kappa shape index (κ1) is 13.7. The number of rotatable bonds is 4. The first-order chi connectivity index (χ1) is 8.41. The molecule has 0 spiro atoms. The van der Waals surface area contributed by atoms with Gasteiger partial charge in [-0.3, -0.25) is 9.59 Å². The zero-order valence-electron chi connectivity index (χ0n) is 10.5. The highest BCUT2D eigenvalue weighted by molar-refractivity contribution is 6.08. The molecule has 2 amide bonds. The number of amides is 2. The van der Waals surface area contributed by atoms with Gasteiger partial charge in [-0.05, 0) is 26.0 Å². The molecular formula is C14H16N2O2. The van der Waals surface area contributed by atoms with Gasteiger partial charge in [-0.2, -0.15) is 0 Å². The van der Waals surface area contributed by atoms with Crippen molar-refractivity contribution in [3.05, 3.63) is 48.6 Å². The van der Waals surface area contributed by atoms with Gasteiger partial charge >= 0.3 is 0 Å². The van der Waals surface area contributed by atoms with E-state index in [1.54, 1.807) is 38.1 Å². The molecule has 2 N–H and O–H groups in total. The lowest BCUT2D eigenvalue weighted by Gasteiger charge is -2.12. The lowest BCUT2D eigenvalue weighted by molar-refractivity contribution is -0.113. The third kappa shape index (κ3) is 3.59. The highest BCUT2D eigenvalue weighted by Gasteiger charge is 2.09. The molecule has 0 atom stereocenters. The van der Waals surface area contributed by atoms with Gasteiger partial charge < -0.3 is 10.6 Å². The van der Waals surface area contributed by atoms with E-state index >= 15 is 0 Å². The summed E-state index contributed by atoms with van der Waals surface area (Å²) in [5.74, 6) is -0.570. The maximum absolute atomic E-state index is 11.5. The number of nitrogens with one attached hydrogen (secondary N) is 2. The van der Waals surface area contributed by atoms with Crippen LogP contribution in [0, 0.1) is 0 Å². The minimum Gasteiger partial charge on any atom is -0.320 e. The first-order valence-corrected chi connectivity index (χ1v) is 5.44. The minimum absolute atomic E-state index is 0.285. The second-order valence-electron chi connectivity index (χ2n) is 4.01. The van der Waals surface area contributed by atoms with Gasteiger partial charge in [0.25, 0.3) is 11.8 Å². The van der Waals surface area contributed by atoms with Gasteiger partial charge in [0.15, 0.2) is 0 Å². The number of hydrogen-bond donors (Lipinski definition) is 2. The number of hydrogen-bond acceptors (Lipinski definition) is 2. The van der Waals surface area contributed by atoms with E-state index in [-0.39, 0.29) is 11.8 Å². The van der Waals surface area contributed by atoms with Crippen LogP contribution in [0.1, 0.15) is 13.8 Å². The van der Waals surface area contributed by atoms with Crippen LogP contribution in [0.25, 0.3) is 0 Å². The summed E-state index contributed by atoms with van der Waals surface area (Å²) in [5, 5.41) is 5.34. The summed E-state index contributed by atoms with van der Waals surface area (Å²) in [4.78, 5) is 23.1. The Morgan fingerprint density at radius 3 is 1.50 bits per heavy atom. The van der Waals surface area contributed by atoms with Crippen molar-refractivity contribution in [2.24, 2.45) is 0 Å². The fraction of sp³-hybridized carbons (Fsp3) is 0.143. The third-order valence-electron chi connectivity index (χ3n) is 2.20. The summed E-state index contributed by atoms with van der Waals surface area (Å²) in [5.41, 5.74) is 1.85. The Bertz CT molecular complexity index is 471. The zero-order chi connectivity index (χ0) is 13.7. The van der Waals surface area contributed by atoms with Crippen LogP contribution >= 0.6 is 0 Å². The molecule has 0 unspecified atom stereocenters. The summed E-state index contributed by atoms with van der Waals surface area (Å²) in [7, 11) is 0. The van der Waals surface area contributed by atoms with Crippen LogP contribution in [-0.4, -0.2) is 11.8 Å². The summed E-state index contributed by atoms with van der Waals surface area (Å²) < 4.78 is 0. The van der Waals surface area contributed by atoms with Crippen molar-refractivity contribution < 1.29 is 9.59 Å². The molecule has 18 heavy (non-hydrogen) atoms. The van der Waals surface area contributed by atoms with E-state index in [2.05, 4.69) is 23.8 Å². The molecule has 94 valence electrons. The number of para-hydroxylation sites is 2. The summed E-state index contributed by atoms with van der Waals surface area (Å²) in [6, 6.07) is 6.94. The van der Waals surface area contributed by atoms with Crippen LogP contribution in [0.2, 0.25) is 0 Å². The molecule has 0 bridgehead atoms. The van der Waals surface area contributed by atoms with Crippen LogP contribution < -0.4 is 10.6 Å². The van der Waals surface area contributed by atoms with Crippen LogP contribution in [0.15, 0.2) is 48.6 Å². The summed E-state index contributed by atoms with van der Waals surface area (Å²) in [6.07, 6.45) is 0. The van der Waals surface area contributed by atoms with Gasteiger partial charge in [0.05, 0.1) is 11.4 Å². The van der Waals surface area contributed by atoms with E-state index in [1.807, 2.05) is 0 Å². The lowest BCUT2D eigenvalue weighted by Crippen LogP contribution is -2.16. The van der Waals surface area contributed by atoms with Crippen molar-refractivity contribution in [2.45, 2.75) is 13.8 Å². The predicted octanol–water partition coefficient (Wildman–Crippen LogP) is 2.72. The fourth-order valence-electron chi connectivity index (χ4n) is 1.16. The van der Waals surface area contributed by atoms with Gasteiger partial charge in [-0.1, -0.05) is 25.3 Å². The topological polar surface area (TPSA) is 58.2 Å². The second-order valence-corrected chi connectivity index (χ2v) is 4.01. The molecule has 0 saturated heterocycles. The third-order valence-corrected chi connectivity index (χ3v) is 2.20. The normalized spacial score (nSPS) is 9.44. The molecule has 0 aliphatic carbocycles. The van der Waals surface area contributed by atoms with Crippen molar-refractivity contribution in [3.63, 3.8) is 0 Å². The fourth-order valence-corrected chi connectivity index (χ4v) is 1.16. The average molecular weight is 244 g/mol. The van der Waals surface area contributed by atoms with Gasteiger partial charge in [0.1, 0.15) is 0 Å². The molecule has 0 aliphatic heterocycles. The number of carbonyl (C=O) groups is 2. The van der Waals surface area contributed by atoms with Crippen molar-refractivity contribution >= 4 is 23.2 Å². The van der Waals surface area contributed by atoms with Crippen LogP contribution in [-0.2, 0) is 9.59 Å². The largest absolute Gasteiger partial charge is 0.320 e. The highest BCUT2D eigenvalue weighted by atomic mass is 16.2. The Morgan fingerprint density at radius 2 is 1.22 bits per heavy atom. The number of benzene rings is 1. The maximum Gasteiger partial charge on any atom is 0.250 e. The molecule has 1 rings (SSSR count). The monoisotopic (exact) mass is 244 g/mol. The van der Waals surface area contributed by atoms with E-state index in [4.69, 9.17) is 0 Å². The van der Waals surface area contributed by atoms with Gasteiger partial charge in [0.2, 0.25) is 0 Å². The standard InChI is InChI=1S/C14H16N2O2/c1-9(2)13(17)15-11-7-5-6-8-12(11)16-14(18)10(3)4/h5-8H,1,3H2,2,4H3,(H,15,17)(H,16,18). The summed E-state index contributed by atoms with van der Waals surface area (Å²) >= 11 is 0. The van der Waals surface area contributed by atoms with E-state index in [0.717, 1.165) is 0 Å². The predicted molar refractivity (Wildman–Crippen MR) is 73.3 cm³/mol. The number of carbonyl (C=O) groups excluding carboxylic acids is 2. The van der Waals surface area contributed by atoms with Crippen LogP contribution in [0.5, 0.6) is 0 Å². The molecule has 1 aromatic carbocycles. The minimum atomic E-state index is -0.285. The maximum atomic E-state index is 11.5. The number of anilines is 2. The Morgan fingerprint density at radius 1 is 0.889 bits per heavy atom. The highest BCUT2D eigenvalue weighted by Crippen LogP contribution is 2.21. The Kier molecular flexibility index (Phi) is 4.43. The van der Waals surface area contributed by atoms with Crippen LogP contribution in [0.4, 0.5) is 11.4 Å². The van der Waals surface area contributed by atoms with E-state index in [9.17, 15) is 9.59 Å². The van der Waals surface area contributed by atoms with Gasteiger partial charge in [-0.15, -0.1) is 0 Å². The second kappa shape index (κ2) is 5.82. The summed E-state index contributed by atoms with van der Waals surface area (Å²) in [6.45, 7) is 10.3. The van der Waals surface area contributed by atoms with E-state index < -0.39 is 0 Å². The van der Waals surface area contributed by atoms with Gasteiger partial charge in [-0.25, -0.2) is 0 Å². The molecule has 0 aliphatic rings. The quantitative estimate of drug-likeness (QED) is 0.800. The SMILES string of the molecule is C=C(C)C(=O)Nc1ccccc1NC(=O)C(=C)C. The smallest absolute Gasteiger partial charge is 0.250 e. The Hall–Kier alpha value is -2.36. The van der Waals surface area contributed by atoms with Crippen molar-refractivity contribution in [1.29, 1.82) is 0 Å². The van der Waals surface area contributed by atoms with Crippen molar-refractivity contribution in [2.75, 3.05) is 10.6 Å². The first-order valence-electron chi connectivity index (χ1n) is 5.44. The molecule has 0 saturated carbocycles. The van der Waals surface area contributed by atoms with Gasteiger partial charge in [0, 0.05) is 11.1 Å². The Balaban J connectivity index is 2.93. The molecular weight excluding hydrogens is 228 g/mol. The Labute approximate surface area is 106 Å². The van der Waals surface area contributed by atoms with E-state index in [1.165, 1.54) is 0 Å². The molecule has 0 fully saturated rings. The molecule has 0 heterocycles. The van der Waals surface area contributed by atoms with Crippen molar-refractivity contribution in [1.82, 2.24) is 0 Å². The van der Waals surface area contributed by atoms with E-state index in [0.29, 0.717) is 22.5 Å². The van der Waals surface area contributed by atoms with Crippen LogP contribution in [0.3, 0.4) is 0 Å². The molecule has 1 aromatic rings. The van der Waals surface area contributed by atoms with Crippen molar-refractivity contribution in [3.8, 4) is 0 Å². The lowest BCUT2D eigenvalue weighted by atomic mass is 10.2. The average Bonchev–Trinajstić information content (AvgIpc) is 2.31. The molecule has 0 aromatic heterocycles. The molecule has 4 nitrogen and oxygen atoms in total.